The molecule has 9 nitrogen and oxygen atoms in total. The number of para-hydroxylation sites is 1. The largest absolute Gasteiger partial charge is 0.361 e. The third-order valence-electron chi connectivity index (χ3n) is 4.76. The summed E-state index contributed by atoms with van der Waals surface area (Å²) in [4.78, 5) is 12.1. The molecule has 0 atom stereocenters. The second-order valence-electron chi connectivity index (χ2n) is 6.94. The molecule has 0 unspecified atom stereocenters. The molecule has 0 saturated carbocycles. The van der Waals surface area contributed by atoms with Crippen LogP contribution in [-0.2, 0) is 0 Å². The monoisotopic (exact) mass is 398 g/mol. The van der Waals surface area contributed by atoms with Gasteiger partial charge in [-0.05, 0) is 47.4 Å². The number of hydrogen-bond acceptors (Lipinski definition) is 8. The molecule has 0 aliphatic heterocycles. The average molecular weight is 398 g/mol. The van der Waals surface area contributed by atoms with E-state index in [1.54, 1.807) is 6.21 Å². The molecule has 3 aromatic heterocycles. The number of aromatic nitrogens is 5. The summed E-state index contributed by atoms with van der Waals surface area (Å²) in [6.07, 6.45) is 3.63. The maximum Gasteiger partial charge on any atom is 0.245 e. The Morgan fingerprint density at radius 3 is 2.67 bits per heavy atom. The molecule has 0 aliphatic carbocycles. The van der Waals surface area contributed by atoms with Crippen LogP contribution in [0.4, 0.5) is 17.3 Å². The number of hydrogen-bond donors (Lipinski definition) is 3. The lowest BCUT2D eigenvalue weighted by molar-refractivity contribution is 0.314. The van der Waals surface area contributed by atoms with E-state index in [9.17, 15) is 0 Å². The van der Waals surface area contributed by atoms with Gasteiger partial charge in [-0.3, -0.25) is 5.43 Å². The first-order chi connectivity index (χ1) is 14.7. The van der Waals surface area contributed by atoms with E-state index in [0.29, 0.717) is 22.9 Å². The predicted molar refractivity (Wildman–Crippen MR) is 116 cm³/mol. The molecule has 5 rings (SSSR count). The van der Waals surface area contributed by atoms with Crippen molar-refractivity contribution in [2.24, 2.45) is 5.10 Å². The Kier molecular flexibility index (Phi) is 4.32. The molecular formula is C21H18N8O. The fourth-order valence-corrected chi connectivity index (χ4v) is 3.16. The van der Waals surface area contributed by atoms with Gasteiger partial charge in [-0.1, -0.05) is 30.3 Å². The minimum atomic E-state index is 0.298. The molecule has 0 fully saturated rings. The van der Waals surface area contributed by atoms with Gasteiger partial charge in [-0.25, -0.2) is 9.61 Å². The molecule has 0 bridgehead atoms. The van der Waals surface area contributed by atoms with Crippen LogP contribution in [0.2, 0.25) is 0 Å². The number of benzene rings is 2. The number of rotatable bonds is 5. The quantitative estimate of drug-likeness (QED) is 0.298. The van der Waals surface area contributed by atoms with Gasteiger partial charge in [0.25, 0.3) is 0 Å². The highest BCUT2D eigenvalue weighted by molar-refractivity contribution is 5.99. The van der Waals surface area contributed by atoms with E-state index in [1.165, 1.54) is 0 Å². The second kappa shape index (κ2) is 7.28. The lowest BCUT2D eigenvalue weighted by Gasteiger charge is -2.12. The fourth-order valence-electron chi connectivity index (χ4n) is 3.16. The lowest BCUT2D eigenvalue weighted by Crippen LogP contribution is -2.04. The molecule has 0 radical (unpaired) electrons. The van der Waals surface area contributed by atoms with Crippen molar-refractivity contribution in [3.8, 4) is 0 Å². The Hall–Kier alpha value is -4.27. The Bertz CT molecular complexity index is 1380. The maximum absolute atomic E-state index is 4.76. The van der Waals surface area contributed by atoms with Crippen molar-refractivity contribution in [3.63, 3.8) is 0 Å². The highest BCUT2D eigenvalue weighted by Crippen LogP contribution is 2.26. The fraction of sp³-hybridized carbons (Fsp3) is 0.0952. The molecule has 30 heavy (non-hydrogen) atoms. The van der Waals surface area contributed by atoms with Crippen LogP contribution in [0.5, 0.6) is 0 Å². The number of H-pyrrole nitrogens is 1. The summed E-state index contributed by atoms with van der Waals surface area (Å²) in [5.41, 5.74) is 8.71. The van der Waals surface area contributed by atoms with Crippen molar-refractivity contribution in [1.29, 1.82) is 0 Å². The van der Waals surface area contributed by atoms with Gasteiger partial charge in [0.15, 0.2) is 11.6 Å². The van der Waals surface area contributed by atoms with E-state index in [4.69, 9.17) is 4.63 Å². The van der Waals surface area contributed by atoms with E-state index in [1.807, 2.05) is 56.4 Å². The Morgan fingerprint density at radius 2 is 1.80 bits per heavy atom. The van der Waals surface area contributed by atoms with Crippen LogP contribution in [0.15, 0.2) is 58.4 Å². The third kappa shape index (κ3) is 3.32. The summed E-state index contributed by atoms with van der Waals surface area (Å²) in [7, 11) is 0. The third-order valence-corrected chi connectivity index (χ3v) is 4.76. The first kappa shape index (κ1) is 17.8. The van der Waals surface area contributed by atoms with Crippen LogP contribution in [0.25, 0.3) is 22.2 Å². The normalized spacial score (nSPS) is 11.5. The molecule has 5 aromatic rings. The molecule has 3 N–H and O–H groups in total. The van der Waals surface area contributed by atoms with Crippen molar-refractivity contribution in [2.45, 2.75) is 13.8 Å². The van der Waals surface area contributed by atoms with Gasteiger partial charge in [0, 0.05) is 28.4 Å². The minimum Gasteiger partial charge on any atom is -0.361 e. The summed E-state index contributed by atoms with van der Waals surface area (Å²) in [6, 6.07) is 14.2. The molecule has 0 saturated heterocycles. The van der Waals surface area contributed by atoms with Crippen molar-refractivity contribution >= 4 is 45.7 Å². The van der Waals surface area contributed by atoms with Crippen LogP contribution >= 0.6 is 0 Å². The number of aryl methyl sites for hydroxylation is 2. The summed E-state index contributed by atoms with van der Waals surface area (Å²) < 4.78 is 4.76. The SMILES string of the molecule is Cc1ccc(C)c(Nc2nc3nonc3nc2NN=Cc2c[nH]c3ccccc23)c1. The first-order valence-corrected chi connectivity index (χ1v) is 9.37. The summed E-state index contributed by atoms with van der Waals surface area (Å²) in [6.45, 7) is 4.05. The minimum absolute atomic E-state index is 0.298. The van der Waals surface area contributed by atoms with Gasteiger partial charge in [0.05, 0.1) is 6.21 Å². The maximum atomic E-state index is 4.76. The average Bonchev–Trinajstić information content (AvgIpc) is 3.37. The molecule has 0 aliphatic rings. The molecule has 9 heteroatoms. The van der Waals surface area contributed by atoms with Crippen molar-refractivity contribution in [1.82, 2.24) is 25.3 Å². The highest BCUT2D eigenvalue weighted by atomic mass is 16.6. The van der Waals surface area contributed by atoms with Crippen LogP contribution in [0, 0.1) is 13.8 Å². The Balaban J connectivity index is 1.48. The van der Waals surface area contributed by atoms with Crippen LogP contribution in [-0.4, -0.2) is 31.5 Å². The molecule has 148 valence electrons. The zero-order chi connectivity index (χ0) is 20.5. The van der Waals surface area contributed by atoms with E-state index in [0.717, 1.165) is 33.3 Å². The predicted octanol–water partition coefficient (Wildman–Crippen LogP) is 4.30. The van der Waals surface area contributed by atoms with Gasteiger partial charge in [-0.15, -0.1) is 0 Å². The zero-order valence-electron chi connectivity index (χ0n) is 16.3. The van der Waals surface area contributed by atoms with Gasteiger partial charge in [0.2, 0.25) is 11.3 Å². The van der Waals surface area contributed by atoms with Gasteiger partial charge in [-0.2, -0.15) is 10.1 Å². The zero-order valence-corrected chi connectivity index (χ0v) is 16.3. The highest BCUT2D eigenvalue weighted by Gasteiger charge is 2.13. The van der Waals surface area contributed by atoms with Crippen molar-refractivity contribution in [2.75, 3.05) is 10.7 Å². The molecule has 0 spiro atoms. The van der Waals surface area contributed by atoms with E-state index in [-0.39, 0.29) is 0 Å². The smallest absolute Gasteiger partial charge is 0.245 e. The summed E-state index contributed by atoms with van der Waals surface area (Å²) in [5.74, 6) is 0.887. The number of nitrogens with zero attached hydrogens (tertiary/aromatic N) is 5. The topological polar surface area (TPSA) is 117 Å². The summed E-state index contributed by atoms with van der Waals surface area (Å²) >= 11 is 0. The van der Waals surface area contributed by atoms with Gasteiger partial charge < -0.3 is 10.3 Å². The van der Waals surface area contributed by atoms with Gasteiger partial charge in [0.1, 0.15) is 0 Å². The van der Waals surface area contributed by atoms with Crippen molar-refractivity contribution < 1.29 is 4.63 Å². The number of fused-ring (bicyclic) bond motifs is 2. The number of nitrogens with one attached hydrogen (secondary N) is 3. The standard InChI is InChI=1S/C21H18N8O/c1-12-7-8-13(2)17(9-12)24-18-19(26-21-20(25-18)28-30-29-21)27-23-11-14-10-22-16-6-4-3-5-15(14)16/h3-11,22H,1-2H3,(H,24,25,28)(H,26,27,29). The summed E-state index contributed by atoms with van der Waals surface area (Å²) in [5, 5.41) is 16.3. The Morgan fingerprint density at radius 1 is 1.00 bits per heavy atom. The van der Waals surface area contributed by atoms with Crippen LogP contribution in [0.3, 0.4) is 0 Å². The van der Waals surface area contributed by atoms with Crippen LogP contribution < -0.4 is 10.7 Å². The van der Waals surface area contributed by atoms with Gasteiger partial charge >= 0.3 is 0 Å². The molecule has 0 amide bonds. The molecule has 2 aromatic carbocycles. The van der Waals surface area contributed by atoms with Crippen LogP contribution in [0.1, 0.15) is 16.7 Å². The van der Waals surface area contributed by atoms with E-state index >= 15 is 0 Å². The molecule has 3 heterocycles. The number of aromatic amines is 1. The Labute approximate surface area is 171 Å². The first-order valence-electron chi connectivity index (χ1n) is 9.37. The molecular weight excluding hydrogens is 380 g/mol. The lowest BCUT2D eigenvalue weighted by atomic mass is 10.1. The van der Waals surface area contributed by atoms with Crippen molar-refractivity contribution in [3.05, 3.63) is 65.4 Å². The van der Waals surface area contributed by atoms with E-state index in [2.05, 4.69) is 47.2 Å². The van der Waals surface area contributed by atoms with E-state index < -0.39 is 0 Å². The second-order valence-corrected chi connectivity index (χ2v) is 6.94. The number of hydrazone groups is 1. The number of anilines is 3.